The van der Waals surface area contributed by atoms with Crippen LogP contribution in [0.2, 0.25) is 0 Å². The van der Waals surface area contributed by atoms with Crippen LogP contribution in [-0.2, 0) is 0 Å². The molecule has 4 aromatic rings. The molecule has 0 fully saturated rings. The van der Waals surface area contributed by atoms with E-state index in [0.29, 0.717) is 0 Å². The first-order valence-corrected chi connectivity index (χ1v) is 8.47. The molecule has 1 aliphatic heterocycles. The fourth-order valence-electron chi connectivity index (χ4n) is 3.59. The van der Waals surface area contributed by atoms with Crippen LogP contribution in [0.4, 0.5) is 0 Å². The van der Waals surface area contributed by atoms with Gasteiger partial charge in [-0.3, -0.25) is 0 Å². The van der Waals surface area contributed by atoms with Crippen molar-refractivity contribution in [2.45, 2.75) is 0 Å². The highest BCUT2D eigenvalue weighted by Crippen LogP contribution is 2.26. The van der Waals surface area contributed by atoms with E-state index in [0.717, 1.165) is 33.6 Å². The highest BCUT2D eigenvalue weighted by molar-refractivity contribution is 6.97. The van der Waals surface area contributed by atoms with E-state index in [9.17, 15) is 5.11 Å². The number of fused-ring (bicyclic) bond motifs is 2. The molecule has 0 bridgehead atoms. The van der Waals surface area contributed by atoms with Crippen LogP contribution < -0.4 is 21.1 Å². The van der Waals surface area contributed by atoms with Crippen LogP contribution in [0.25, 0.3) is 5.69 Å². The summed E-state index contributed by atoms with van der Waals surface area (Å²) in [6, 6.07) is 21.7. The number of aromatic nitrogens is 2. The molecule has 1 N–H and O–H groups in total. The number of rotatable bonds is 2. The monoisotopic (exact) mass is 338 g/mol. The predicted octanol–water partition coefficient (Wildman–Crippen LogP) is 2.20. The van der Waals surface area contributed by atoms with E-state index < -0.39 is 0 Å². The zero-order valence-corrected chi connectivity index (χ0v) is 13.9. The number of imidazole rings is 1. The van der Waals surface area contributed by atoms with Crippen molar-refractivity contribution >= 4 is 23.1 Å². The van der Waals surface area contributed by atoms with Gasteiger partial charge in [-0.05, 0) is 47.3 Å². The van der Waals surface area contributed by atoms with Crippen molar-refractivity contribution in [2.24, 2.45) is 0 Å². The van der Waals surface area contributed by atoms with Gasteiger partial charge in [0.2, 0.25) is 0 Å². The summed E-state index contributed by atoms with van der Waals surface area (Å²) in [6.45, 7) is -0.00878. The van der Waals surface area contributed by atoms with Crippen molar-refractivity contribution in [2.75, 3.05) is 0 Å². The third kappa shape index (κ3) is 2.37. The zero-order chi connectivity index (χ0) is 17.5. The van der Waals surface area contributed by atoms with Crippen molar-refractivity contribution in [3.05, 3.63) is 85.5 Å². The first-order valence-electron chi connectivity index (χ1n) is 8.47. The highest BCUT2D eigenvalue weighted by atomic mass is 16.5. The van der Waals surface area contributed by atoms with Crippen LogP contribution in [0.15, 0.2) is 85.5 Å². The number of aromatic hydroxyl groups is 1. The maximum absolute atomic E-state index is 10.0. The fraction of sp³-hybridized carbons (Fsp3) is 0. The highest BCUT2D eigenvalue weighted by Gasteiger charge is 2.32. The van der Waals surface area contributed by atoms with Gasteiger partial charge in [-0.1, -0.05) is 35.8 Å². The van der Waals surface area contributed by atoms with Gasteiger partial charge in [0, 0.05) is 18.1 Å². The summed E-state index contributed by atoms with van der Waals surface area (Å²) in [4.78, 5) is 4.13. The molecular formula is C21H15BN2O2. The number of phenolic OH excluding ortho intramolecular Hbond substituents is 1. The van der Waals surface area contributed by atoms with Crippen molar-refractivity contribution in [1.29, 1.82) is 0 Å². The third-order valence-corrected chi connectivity index (χ3v) is 4.76. The lowest BCUT2D eigenvalue weighted by Crippen LogP contribution is -2.54. The molecule has 26 heavy (non-hydrogen) atoms. The quantitative estimate of drug-likeness (QED) is 0.502. The van der Waals surface area contributed by atoms with Gasteiger partial charge >= 0.3 is 0 Å². The smallest absolute Gasteiger partial charge is 0.251 e. The average molecular weight is 338 g/mol. The van der Waals surface area contributed by atoms with Gasteiger partial charge in [0.1, 0.15) is 17.2 Å². The number of para-hydroxylation sites is 1. The molecule has 5 rings (SSSR count). The van der Waals surface area contributed by atoms with E-state index in [1.165, 1.54) is 0 Å². The largest absolute Gasteiger partial charge is 0.508 e. The molecule has 0 saturated heterocycles. The Bertz CT molecular complexity index is 1090. The van der Waals surface area contributed by atoms with Gasteiger partial charge in [0.25, 0.3) is 6.71 Å². The number of nitrogens with zero attached hydrogens (tertiary/aromatic N) is 2. The summed E-state index contributed by atoms with van der Waals surface area (Å²) in [5, 5.41) is 10.0. The lowest BCUT2D eigenvalue weighted by molar-refractivity contribution is 0.467. The Morgan fingerprint density at radius 2 is 1.77 bits per heavy atom. The Balaban J connectivity index is 1.72. The van der Waals surface area contributed by atoms with Crippen molar-refractivity contribution < 1.29 is 9.84 Å². The Labute approximate surface area is 151 Å². The topological polar surface area (TPSA) is 47.3 Å². The summed E-state index contributed by atoms with van der Waals surface area (Å²) in [7, 11) is 0. The molecule has 1 aromatic heterocycles. The Morgan fingerprint density at radius 1 is 0.885 bits per heavy atom. The zero-order valence-electron chi connectivity index (χ0n) is 13.9. The minimum absolute atomic E-state index is 0.00878. The molecule has 0 aliphatic carbocycles. The summed E-state index contributed by atoms with van der Waals surface area (Å²) in [5.74, 6) is 1.87. The molecule has 0 unspecified atom stereocenters. The van der Waals surface area contributed by atoms with Gasteiger partial charge in [0.05, 0.1) is 6.33 Å². The minimum Gasteiger partial charge on any atom is -0.508 e. The summed E-state index contributed by atoms with van der Waals surface area (Å²) >= 11 is 0. The van der Waals surface area contributed by atoms with Gasteiger partial charge < -0.3 is 14.4 Å². The average Bonchev–Trinajstić information content (AvgIpc) is 3.21. The van der Waals surface area contributed by atoms with Crippen LogP contribution in [0.1, 0.15) is 0 Å². The molecule has 0 spiro atoms. The number of hydrogen-bond donors (Lipinski definition) is 1. The van der Waals surface area contributed by atoms with Gasteiger partial charge in [-0.25, -0.2) is 4.98 Å². The Morgan fingerprint density at radius 3 is 2.65 bits per heavy atom. The molecule has 5 heteroatoms. The predicted molar refractivity (Wildman–Crippen MR) is 103 cm³/mol. The molecule has 4 nitrogen and oxygen atoms in total. The standard InChI is InChI=1S/C21H15BN2O2/c25-17-8-9-21-19(13-17)22(18-6-1-2-7-20(18)26-21)15-4-3-5-16(12-15)24-11-10-23-14-24/h1-14,25H. The second-order valence-electron chi connectivity index (χ2n) is 6.36. The first kappa shape index (κ1) is 14.8. The summed E-state index contributed by atoms with van der Waals surface area (Å²) in [6.07, 6.45) is 5.48. The van der Waals surface area contributed by atoms with Crippen LogP contribution >= 0.6 is 0 Å². The molecule has 3 aromatic carbocycles. The second kappa shape index (κ2) is 5.81. The first-order chi connectivity index (χ1) is 12.8. The van der Waals surface area contributed by atoms with Crippen LogP contribution in [0, 0.1) is 0 Å². The lowest BCUT2D eigenvalue weighted by atomic mass is 9.36. The Kier molecular flexibility index (Phi) is 3.32. The second-order valence-corrected chi connectivity index (χ2v) is 6.36. The molecule has 0 saturated carbocycles. The van der Waals surface area contributed by atoms with E-state index in [4.69, 9.17) is 4.74 Å². The van der Waals surface area contributed by atoms with Gasteiger partial charge in [-0.15, -0.1) is 0 Å². The number of ether oxygens (including phenoxy) is 1. The SMILES string of the molecule is Oc1ccc2c(c1)B(c1cccc(-n3ccnc3)c1)c1ccccc1O2. The van der Waals surface area contributed by atoms with E-state index in [1.54, 1.807) is 24.7 Å². The lowest BCUT2D eigenvalue weighted by Gasteiger charge is -2.27. The molecule has 2 heterocycles. The van der Waals surface area contributed by atoms with Crippen LogP contribution in [-0.4, -0.2) is 21.4 Å². The molecule has 1 aliphatic rings. The number of phenols is 1. The van der Waals surface area contributed by atoms with E-state index >= 15 is 0 Å². The maximum Gasteiger partial charge on any atom is 0.251 e. The molecule has 0 radical (unpaired) electrons. The summed E-state index contributed by atoms with van der Waals surface area (Å²) < 4.78 is 8.04. The normalized spacial score (nSPS) is 12.2. The van der Waals surface area contributed by atoms with Crippen molar-refractivity contribution in [3.63, 3.8) is 0 Å². The van der Waals surface area contributed by atoms with Crippen LogP contribution in [0.3, 0.4) is 0 Å². The van der Waals surface area contributed by atoms with E-state index in [1.807, 2.05) is 41.1 Å². The number of hydrogen-bond acceptors (Lipinski definition) is 3. The molecule has 0 amide bonds. The minimum atomic E-state index is -0.00878. The maximum atomic E-state index is 10.0. The molecule has 0 atom stereocenters. The Hall–Kier alpha value is -3.47. The van der Waals surface area contributed by atoms with Gasteiger partial charge in [-0.2, -0.15) is 0 Å². The molecule has 124 valence electrons. The van der Waals surface area contributed by atoms with E-state index in [2.05, 4.69) is 29.2 Å². The third-order valence-electron chi connectivity index (χ3n) is 4.76. The molecular weight excluding hydrogens is 323 g/mol. The van der Waals surface area contributed by atoms with Crippen molar-refractivity contribution in [3.8, 4) is 22.9 Å². The van der Waals surface area contributed by atoms with Crippen LogP contribution in [0.5, 0.6) is 17.2 Å². The van der Waals surface area contributed by atoms with E-state index in [-0.39, 0.29) is 12.5 Å². The van der Waals surface area contributed by atoms with Crippen molar-refractivity contribution in [1.82, 2.24) is 9.55 Å². The van der Waals surface area contributed by atoms with Gasteiger partial charge in [0.15, 0.2) is 0 Å². The summed E-state index contributed by atoms with van der Waals surface area (Å²) in [5.41, 5.74) is 4.24. The number of benzene rings is 3. The fourth-order valence-corrected chi connectivity index (χ4v) is 3.59.